The molecule has 0 aromatic heterocycles. The van der Waals surface area contributed by atoms with Gasteiger partial charge in [-0.15, -0.1) is 0 Å². The van der Waals surface area contributed by atoms with Crippen molar-refractivity contribution < 1.29 is 9.72 Å². The monoisotopic (exact) mass is 268 g/mol. The fraction of sp³-hybridized carbons (Fsp3) is 0.133. The van der Waals surface area contributed by atoms with E-state index in [1.807, 2.05) is 31.1 Å². The number of nitrogens with zero attached hydrogens (tertiary/aromatic N) is 2. The Balaban J connectivity index is 2.21. The summed E-state index contributed by atoms with van der Waals surface area (Å²) in [6.45, 7) is 0. The fourth-order valence-corrected chi connectivity index (χ4v) is 2.44. The van der Waals surface area contributed by atoms with Gasteiger partial charge in [0, 0.05) is 43.0 Å². The van der Waals surface area contributed by atoms with Crippen molar-refractivity contribution in [2.45, 2.75) is 0 Å². The highest BCUT2D eigenvalue weighted by Gasteiger charge is 2.28. The summed E-state index contributed by atoms with van der Waals surface area (Å²) in [6, 6.07) is 10.0. The van der Waals surface area contributed by atoms with Crippen LogP contribution in [0.3, 0.4) is 0 Å². The maximum Gasteiger partial charge on any atom is 0.270 e. The van der Waals surface area contributed by atoms with Crippen LogP contribution in [-0.2, 0) is 0 Å². The summed E-state index contributed by atoms with van der Waals surface area (Å²) in [5.74, 6) is -0.149. The van der Waals surface area contributed by atoms with E-state index in [0.29, 0.717) is 11.1 Å². The molecular weight excluding hydrogens is 256 g/mol. The van der Waals surface area contributed by atoms with Crippen LogP contribution in [0.1, 0.15) is 15.9 Å². The predicted molar refractivity (Wildman–Crippen MR) is 76.3 cm³/mol. The molecule has 100 valence electrons. The number of non-ortho nitro benzene ring substituents is 1. The smallest absolute Gasteiger partial charge is 0.270 e. The van der Waals surface area contributed by atoms with Gasteiger partial charge in [0.2, 0.25) is 0 Å². The molecule has 0 heterocycles. The Kier molecular flexibility index (Phi) is 2.57. The van der Waals surface area contributed by atoms with E-state index in [-0.39, 0.29) is 11.5 Å². The van der Waals surface area contributed by atoms with E-state index in [1.54, 1.807) is 12.1 Å². The first-order valence-corrected chi connectivity index (χ1v) is 6.14. The van der Waals surface area contributed by atoms with Gasteiger partial charge in [0.25, 0.3) is 5.69 Å². The van der Waals surface area contributed by atoms with Crippen LogP contribution < -0.4 is 4.90 Å². The first-order valence-electron chi connectivity index (χ1n) is 6.14. The van der Waals surface area contributed by atoms with Crippen molar-refractivity contribution in [1.29, 1.82) is 0 Å². The molecule has 0 atom stereocenters. The molecule has 5 nitrogen and oxygen atoms in total. The van der Waals surface area contributed by atoms with Gasteiger partial charge in [0.05, 0.1) is 4.92 Å². The van der Waals surface area contributed by atoms with Gasteiger partial charge in [-0.1, -0.05) is 0 Å². The highest BCUT2D eigenvalue weighted by atomic mass is 16.6. The lowest BCUT2D eigenvalue weighted by Gasteiger charge is -2.13. The molecule has 2 aromatic carbocycles. The molecule has 20 heavy (non-hydrogen) atoms. The van der Waals surface area contributed by atoms with Gasteiger partial charge in [-0.05, 0) is 35.4 Å². The summed E-state index contributed by atoms with van der Waals surface area (Å²) >= 11 is 0. The largest absolute Gasteiger partial charge is 0.378 e. The van der Waals surface area contributed by atoms with E-state index >= 15 is 0 Å². The lowest BCUT2D eigenvalue weighted by atomic mass is 10.0. The number of hydrogen-bond donors (Lipinski definition) is 0. The van der Waals surface area contributed by atoms with Gasteiger partial charge in [-0.3, -0.25) is 14.9 Å². The van der Waals surface area contributed by atoms with Gasteiger partial charge in [-0.25, -0.2) is 0 Å². The number of nitro benzene ring substituents is 1. The molecule has 0 unspecified atom stereocenters. The van der Waals surface area contributed by atoms with E-state index in [0.717, 1.165) is 16.8 Å². The van der Waals surface area contributed by atoms with Gasteiger partial charge < -0.3 is 4.90 Å². The van der Waals surface area contributed by atoms with Gasteiger partial charge in [0.1, 0.15) is 0 Å². The number of rotatable bonds is 2. The second-order valence-electron chi connectivity index (χ2n) is 4.94. The molecule has 0 bridgehead atoms. The SMILES string of the molecule is CN(C)c1ccc2c(c1)-c1ccc([N+](=O)[O-])cc1C2=O. The maximum atomic E-state index is 12.3. The highest BCUT2D eigenvalue weighted by molar-refractivity contribution is 6.22. The number of benzene rings is 2. The van der Waals surface area contributed by atoms with E-state index in [4.69, 9.17) is 0 Å². The van der Waals surface area contributed by atoms with E-state index in [2.05, 4.69) is 0 Å². The van der Waals surface area contributed by atoms with Crippen molar-refractivity contribution in [3.63, 3.8) is 0 Å². The zero-order valence-electron chi connectivity index (χ0n) is 11.1. The van der Waals surface area contributed by atoms with Crippen LogP contribution in [0.5, 0.6) is 0 Å². The lowest BCUT2D eigenvalue weighted by molar-refractivity contribution is -0.384. The number of hydrogen-bond acceptors (Lipinski definition) is 4. The second-order valence-corrected chi connectivity index (χ2v) is 4.94. The Bertz CT molecular complexity index is 751. The summed E-state index contributed by atoms with van der Waals surface area (Å²) in [6.07, 6.45) is 0. The molecule has 3 rings (SSSR count). The first-order chi connectivity index (χ1) is 9.49. The number of fused-ring (bicyclic) bond motifs is 3. The molecule has 1 aliphatic carbocycles. The van der Waals surface area contributed by atoms with Crippen molar-refractivity contribution >= 4 is 17.2 Å². The topological polar surface area (TPSA) is 63.4 Å². The number of carbonyl (C=O) groups excluding carboxylic acids is 1. The Hall–Kier alpha value is -2.69. The predicted octanol–water partition coefficient (Wildman–Crippen LogP) is 2.87. The molecule has 0 amide bonds. The second kappa shape index (κ2) is 4.16. The Morgan fingerprint density at radius 3 is 2.30 bits per heavy atom. The van der Waals surface area contributed by atoms with Crippen molar-refractivity contribution in [2.24, 2.45) is 0 Å². The summed E-state index contributed by atoms with van der Waals surface area (Å²) in [5.41, 5.74) is 3.54. The summed E-state index contributed by atoms with van der Waals surface area (Å²) < 4.78 is 0. The molecule has 0 spiro atoms. The van der Waals surface area contributed by atoms with Gasteiger partial charge in [-0.2, -0.15) is 0 Å². The zero-order chi connectivity index (χ0) is 14.4. The van der Waals surface area contributed by atoms with Crippen molar-refractivity contribution in [1.82, 2.24) is 0 Å². The third kappa shape index (κ3) is 1.67. The molecule has 1 aliphatic rings. The average molecular weight is 268 g/mol. The maximum absolute atomic E-state index is 12.3. The average Bonchev–Trinajstić information content (AvgIpc) is 2.71. The molecule has 2 aromatic rings. The van der Waals surface area contributed by atoms with Crippen molar-refractivity contribution in [3.8, 4) is 11.1 Å². The minimum absolute atomic E-state index is 0.0576. The van der Waals surface area contributed by atoms with Crippen LogP contribution in [0.25, 0.3) is 11.1 Å². The molecule has 0 aliphatic heterocycles. The van der Waals surface area contributed by atoms with Crippen LogP contribution in [0, 0.1) is 10.1 Å². The quantitative estimate of drug-likeness (QED) is 0.529. The normalized spacial score (nSPS) is 12.0. The molecule has 0 fully saturated rings. The number of nitro groups is 1. The van der Waals surface area contributed by atoms with Crippen LogP contribution in [0.4, 0.5) is 11.4 Å². The minimum Gasteiger partial charge on any atom is -0.378 e. The lowest BCUT2D eigenvalue weighted by Crippen LogP contribution is -2.08. The highest BCUT2D eigenvalue weighted by Crippen LogP contribution is 2.39. The first kappa shape index (κ1) is 12.3. The van der Waals surface area contributed by atoms with Crippen LogP contribution in [-0.4, -0.2) is 24.8 Å². The molecule has 0 radical (unpaired) electrons. The number of ketones is 1. The molecule has 5 heteroatoms. The minimum atomic E-state index is -0.484. The molecular formula is C15H12N2O3. The third-order valence-corrected chi connectivity index (χ3v) is 3.51. The Labute approximate surface area is 115 Å². The van der Waals surface area contributed by atoms with E-state index < -0.39 is 4.92 Å². The van der Waals surface area contributed by atoms with Gasteiger partial charge >= 0.3 is 0 Å². The number of carbonyl (C=O) groups is 1. The van der Waals surface area contributed by atoms with Crippen LogP contribution in [0.15, 0.2) is 36.4 Å². The number of anilines is 1. The standard InChI is InChI=1S/C15H12N2O3/c1-16(2)9-3-6-12-13(7-9)11-5-4-10(17(19)20)8-14(11)15(12)18/h3-8H,1-2H3. The zero-order valence-corrected chi connectivity index (χ0v) is 11.1. The molecule has 0 saturated heterocycles. The summed E-state index contributed by atoms with van der Waals surface area (Å²) in [7, 11) is 3.85. The van der Waals surface area contributed by atoms with Crippen LogP contribution >= 0.6 is 0 Å². The van der Waals surface area contributed by atoms with Gasteiger partial charge in [0.15, 0.2) is 5.78 Å². The van der Waals surface area contributed by atoms with E-state index in [1.165, 1.54) is 12.1 Å². The summed E-state index contributed by atoms with van der Waals surface area (Å²) in [5, 5.41) is 10.8. The summed E-state index contributed by atoms with van der Waals surface area (Å²) in [4.78, 5) is 24.6. The van der Waals surface area contributed by atoms with Crippen LogP contribution in [0.2, 0.25) is 0 Å². The molecule has 0 saturated carbocycles. The third-order valence-electron chi connectivity index (χ3n) is 3.51. The van der Waals surface area contributed by atoms with E-state index in [9.17, 15) is 14.9 Å². The fourth-order valence-electron chi connectivity index (χ4n) is 2.44. The van der Waals surface area contributed by atoms with Crippen molar-refractivity contribution in [2.75, 3.05) is 19.0 Å². The molecule has 0 N–H and O–H groups in total. The van der Waals surface area contributed by atoms with Crippen molar-refractivity contribution in [3.05, 3.63) is 57.6 Å². The Morgan fingerprint density at radius 1 is 0.950 bits per heavy atom. The Morgan fingerprint density at radius 2 is 1.65 bits per heavy atom.